The third-order valence-electron chi connectivity index (χ3n) is 6.12. The Morgan fingerprint density at radius 1 is 1.18 bits per heavy atom. The van der Waals surface area contributed by atoms with Crippen molar-refractivity contribution in [3.05, 3.63) is 22.4 Å². The molecule has 0 unspecified atom stereocenters. The van der Waals surface area contributed by atoms with Gasteiger partial charge in [0.25, 0.3) is 0 Å². The Morgan fingerprint density at radius 2 is 1.93 bits per heavy atom. The van der Waals surface area contributed by atoms with Gasteiger partial charge in [-0.05, 0) is 76.9 Å². The maximum atomic E-state index is 4.95. The van der Waals surface area contributed by atoms with E-state index < -0.39 is 0 Å². The zero-order chi connectivity index (χ0) is 19.8. The summed E-state index contributed by atoms with van der Waals surface area (Å²) < 4.78 is 0. The molecule has 2 saturated heterocycles. The molecule has 2 N–H and O–H groups in total. The zero-order valence-electron chi connectivity index (χ0n) is 18.0. The Hall–Kier alpha value is -1.11. The highest BCUT2D eigenvalue weighted by atomic mass is 32.1. The molecule has 2 aliphatic rings. The van der Waals surface area contributed by atoms with Crippen LogP contribution in [0.3, 0.4) is 0 Å². The molecule has 0 bridgehead atoms. The van der Waals surface area contributed by atoms with Crippen LogP contribution >= 0.6 is 11.3 Å². The van der Waals surface area contributed by atoms with Crippen LogP contribution in [0.25, 0.3) is 0 Å². The van der Waals surface area contributed by atoms with Gasteiger partial charge in [-0.15, -0.1) is 11.3 Å². The molecule has 5 nitrogen and oxygen atoms in total. The molecule has 6 heteroatoms. The van der Waals surface area contributed by atoms with E-state index in [1.54, 1.807) is 0 Å². The Labute approximate surface area is 175 Å². The summed E-state index contributed by atoms with van der Waals surface area (Å²) in [5, 5.41) is 9.34. The summed E-state index contributed by atoms with van der Waals surface area (Å²) in [7, 11) is 0. The standard InChI is InChI=1S/C22H39N5S/c1-4-23-22(25-20-9-13-27(14-10-20)18(2)3)24-16-19-7-11-26(12-8-19)17-21-6-5-15-28-21/h5-6,15,18-20H,4,7-14,16-17H2,1-3H3,(H2,23,24,25). The molecular formula is C22H39N5S. The van der Waals surface area contributed by atoms with Crippen molar-refractivity contribution >= 4 is 17.3 Å². The first kappa shape index (κ1) is 21.6. The van der Waals surface area contributed by atoms with Crippen LogP contribution in [0, 0.1) is 5.92 Å². The fraction of sp³-hybridized carbons (Fsp3) is 0.773. The van der Waals surface area contributed by atoms with Gasteiger partial charge < -0.3 is 15.5 Å². The van der Waals surface area contributed by atoms with E-state index in [0.29, 0.717) is 12.1 Å². The lowest BCUT2D eigenvalue weighted by atomic mass is 9.97. The van der Waals surface area contributed by atoms with Crippen molar-refractivity contribution in [3.8, 4) is 0 Å². The highest BCUT2D eigenvalue weighted by Crippen LogP contribution is 2.21. The minimum absolute atomic E-state index is 0.556. The second-order valence-electron chi connectivity index (χ2n) is 8.57. The Bertz CT molecular complexity index is 570. The van der Waals surface area contributed by atoms with Gasteiger partial charge in [-0.2, -0.15) is 0 Å². The molecule has 0 amide bonds. The molecule has 3 heterocycles. The van der Waals surface area contributed by atoms with Gasteiger partial charge in [-0.25, -0.2) is 0 Å². The van der Waals surface area contributed by atoms with E-state index in [2.05, 4.69) is 58.7 Å². The summed E-state index contributed by atoms with van der Waals surface area (Å²) in [4.78, 5) is 11.6. The fourth-order valence-corrected chi connectivity index (χ4v) is 4.99. The number of nitrogens with one attached hydrogen (secondary N) is 2. The van der Waals surface area contributed by atoms with Crippen LogP contribution in [0.2, 0.25) is 0 Å². The number of thiophene rings is 1. The molecule has 0 saturated carbocycles. The SMILES string of the molecule is CCNC(=NCC1CCN(Cc2cccs2)CC1)NC1CCN(C(C)C)CC1. The lowest BCUT2D eigenvalue weighted by Crippen LogP contribution is -2.50. The molecule has 0 aromatic carbocycles. The Morgan fingerprint density at radius 3 is 2.54 bits per heavy atom. The predicted molar refractivity (Wildman–Crippen MR) is 121 cm³/mol. The minimum Gasteiger partial charge on any atom is -0.357 e. The second kappa shape index (κ2) is 11.2. The number of hydrogen-bond donors (Lipinski definition) is 2. The first-order chi connectivity index (χ1) is 13.6. The summed E-state index contributed by atoms with van der Waals surface area (Å²) in [6.45, 7) is 14.5. The zero-order valence-corrected chi connectivity index (χ0v) is 18.8. The van der Waals surface area contributed by atoms with E-state index >= 15 is 0 Å². The number of rotatable bonds is 7. The molecule has 1 aromatic heterocycles. The van der Waals surface area contributed by atoms with Crippen molar-refractivity contribution in [3.63, 3.8) is 0 Å². The van der Waals surface area contributed by atoms with Crippen LogP contribution < -0.4 is 10.6 Å². The molecule has 0 atom stereocenters. The van der Waals surface area contributed by atoms with Gasteiger partial charge in [0.15, 0.2) is 5.96 Å². The topological polar surface area (TPSA) is 42.9 Å². The molecule has 28 heavy (non-hydrogen) atoms. The second-order valence-corrected chi connectivity index (χ2v) is 9.60. The lowest BCUT2D eigenvalue weighted by molar-refractivity contribution is 0.167. The van der Waals surface area contributed by atoms with E-state index in [1.165, 1.54) is 56.7 Å². The van der Waals surface area contributed by atoms with Crippen molar-refractivity contribution in [2.24, 2.45) is 10.9 Å². The normalized spacial score (nSPS) is 21.4. The minimum atomic E-state index is 0.556. The van der Waals surface area contributed by atoms with Crippen LogP contribution in [0.1, 0.15) is 51.3 Å². The van der Waals surface area contributed by atoms with E-state index in [0.717, 1.165) is 31.5 Å². The van der Waals surface area contributed by atoms with Gasteiger partial charge in [0.05, 0.1) is 0 Å². The molecule has 3 rings (SSSR count). The van der Waals surface area contributed by atoms with Crippen LogP contribution in [0.5, 0.6) is 0 Å². The maximum Gasteiger partial charge on any atom is 0.191 e. The Kier molecular flexibility index (Phi) is 8.62. The van der Waals surface area contributed by atoms with Crippen LogP contribution in [0.4, 0.5) is 0 Å². The van der Waals surface area contributed by atoms with Crippen molar-refractivity contribution in [1.29, 1.82) is 0 Å². The van der Waals surface area contributed by atoms with Crippen LogP contribution in [-0.2, 0) is 6.54 Å². The third kappa shape index (κ3) is 6.75. The average Bonchev–Trinajstić information content (AvgIpc) is 3.21. The van der Waals surface area contributed by atoms with Crippen LogP contribution in [-0.4, -0.2) is 67.1 Å². The van der Waals surface area contributed by atoms with Crippen molar-refractivity contribution < 1.29 is 0 Å². The lowest BCUT2D eigenvalue weighted by Gasteiger charge is -2.35. The molecule has 0 radical (unpaired) electrons. The van der Waals surface area contributed by atoms with Gasteiger partial charge in [0.2, 0.25) is 0 Å². The first-order valence-corrected chi connectivity index (χ1v) is 12.1. The Balaban J connectivity index is 1.41. The highest BCUT2D eigenvalue weighted by molar-refractivity contribution is 7.09. The van der Waals surface area contributed by atoms with Crippen LogP contribution in [0.15, 0.2) is 22.5 Å². The highest BCUT2D eigenvalue weighted by Gasteiger charge is 2.22. The van der Waals surface area contributed by atoms with E-state index in [-0.39, 0.29) is 0 Å². The quantitative estimate of drug-likeness (QED) is 0.539. The molecular weight excluding hydrogens is 366 g/mol. The predicted octanol–water partition coefficient (Wildman–Crippen LogP) is 3.39. The first-order valence-electron chi connectivity index (χ1n) is 11.2. The van der Waals surface area contributed by atoms with Gasteiger partial charge in [-0.1, -0.05) is 6.07 Å². The molecule has 158 valence electrons. The smallest absolute Gasteiger partial charge is 0.191 e. The maximum absolute atomic E-state index is 4.95. The number of hydrogen-bond acceptors (Lipinski definition) is 4. The van der Waals surface area contributed by atoms with Gasteiger partial charge in [-0.3, -0.25) is 9.89 Å². The average molecular weight is 406 g/mol. The molecule has 1 aromatic rings. The molecule has 2 fully saturated rings. The fourth-order valence-electron chi connectivity index (χ4n) is 4.24. The van der Waals surface area contributed by atoms with Crippen molar-refractivity contribution in [2.75, 3.05) is 39.3 Å². The van der Waals surface area contributed by atoms with E-state index in [4.69, 9.17) is 4.99 Å². The summed E-state index contributed by atoms with van der Waals surface area (Å²) >= 11 is 1.87. The third-order valence-corrected chi connectivity index (χ3v) is 6.98. The number of guanidine groups is 1. The molecule has 0 spiro atoms. The van der Waals surface area contributed by atoms with E-state index in [9.17, 15) is 0 Å². The van der Waals surface area contributed by atoms with Gasteiger partial charge >= 0.3 is 0 Å². The number of aliphatic imine (C=N–C) groups is 1. The number of likely N-dealkylation sites (tertiary alicyclic amines) is 2. The molecule has 0 aliphatic carbocycles. The largest absolute Gasteiger partial charge is 0.357 e. The van der Waals surface area contributed by atoms with E-state index in [1.807, 2.05) is 11.3 Å². The summed E-state index contributed by atoms with van der Waals surface area (Å²) in [5.74, 6) is 1.74. The summed E-state index contributed by atoms with van der Waals surface area (Å²) in [6.07, 6.45) is 4.95. The van der Waals surface area contributed by atoms with Crippen molar-refractivity contribution in [2.45, 2.75) is 65.1 Å². The number of piperidine rings is 2. The number of nitrogens with zero attached hydrogens (tertiary/aromatic N) is 3. The summed E-state index contributed by atoms with van der Waals surface area (Å²) in [5.41, 5.74) is 0. The summed E-state index contributed by atoms with van der Waals surface area (Å²) in [6, 6.07) is 5.62. The molecule has 2 aliphatic heterocycles. The monoisotopic (exact) mass is 405 g/mol. The van der Waals surface area contributed by atoms with Crippen molar-refractivity contribution in [1.82, 2.24) is 20.4 Å². The van der Waals surface area contributed by atoms with Gasteiger partial charge in [0, 0.05) is 49.7 Å². The van der Waals surface area contributed by atoms with Gasteiger partial charge in [0.1, 0.15) is 0 Å².